The van der Waals surface area contributed by atoms with Gasteiger partial charge in [-0.2, -0.15) is 0 Å². The summed E-state index contributed by atoms with van der Waals surface area (Å²) in [6.07, 6.45) is 4.19. The largest absolute Gasteiger partial charge is 0.459 e. The van der Waals surface area contributed by atoms with Crippen molar-refractivity contribution in [1.29, 1.82) is 0 Å². The van der Waals surface area contributed by atoms with Gasteiger partial charge in [-0.25, -0.2) is 4.79 Å². The second-order valence-corrected chi connectivity index (χ2v) is 4.68. The molecule has 0 amide bonds. The van der Waals surface area contributed by atoms with Gasteiger partial charge in [-0.1, -0.05) is 6.58 Å². The fraction of sp³-hybridized carbons (Fsp3) is 0.750. The predicted octanol–water partition coefficient (Wildman–Crippen LogP) is 2.06. The van der Waals surface area contributed by atoms with Crippen molar-refractivity contribution in [3.05, 3.63) is 12.2 Å². The van der Waals surface area contributed by atoms with E-state index in [0.29, 0.717) is 23.7 Å². The van der Waals surface area contributed by atoms with E-state index in [1.165, 1.54) is 0 Å². The second kappa shape index (κ2) is 3.97. The van der Waals surface area contributed by atoms with E-state index in [9.17, 15) is 4.79 Å². The molecular formula is C12H18O3. The van der Waals surface area contributed by atoms with Gasteiger partial charge in [0.25, 0.3) is 0 Å². The Balaban J connectivity index is 1.82. The summed E-state index contributed by atoms with van der Waals surface area (Å²) in [4.78, 5) is 11.3. The summed E-state index contributed by atoms with van der Waals surface area (Å²) in [7, 11) is 0. The number of ether oxygens (including phenoxy) is 2. The Kier molecular flexibility index (Phi) is 2.83. The lowest BCUT2D eigenvalue weighted by Crippen LogP contribution is -2.28. The number of hydrogen-bond acceptors (Lipinski definition) is 3. The quantitative estimate of drug-likeness (QED) is 0.406. The molecule has 84 valence electrons. The molecule has 4 atom stereocenters. The van der Waals surface area contributed by atoms with Crippen LogP contribution in [0.4, 0.5) is 0 Å². The molecule has 0 N–H and O–H groups in total. The van der Waals surface area contributed by atoms with Crippen LogP contribution in [0.15, 0.2) is 12.2 Å². The smallest absolute Gasteiger partial charge is 0.333 e. The molecule has 1 aliphatic carbocycles. The van der Waals surface area contributed by atoms with E-state index in [1.807, 2.05) is 6.92 Å². The van der Waals surface area contributed by atoms with E-state index in [4.69, 9.17) is 9.47 Å². The molecule has 1 heterocycles. The third-order valence-corrected chi connectivity index (χ3v) is 3.35. The second-order valence-electron chi connectivity index (χ2n) is 4.68. The summed E-state index contributed by atoms with van der Waals surface area (Å²) < 4.78 is 10.8. The zero-order valence-corrected chi connectivity index (χ0v) is 9.36. The van der Waals surface area contributed by atoms with Crippen LogP contribution in [0.3, 0.4) is 0 Å². The number of fused-ring (bicyclic) bond motifs is 1. The average Bonchev–Trinajstić information content (AvgIpc) is 2.94. The van der Waals surface area contributed by atoms with Gasteiger partial charge in [0.2, 0.25) is 0 Å². The lowest BCUT2D eigenvalue weighted by Gasteiger charge is -2.25. The molecule has 0 bridgehead atoms. The molecule has 2 fully saturated rings. The van der Waals surface area contributed by atoms with Gasteiger partial charge in [0, 0.05) is 5.57 Å². The van der Waals surface area contributed by atoms with Gasteiger partial charge in [0.15, 0.2) is 0 Å². The molecule has 0 radical (unpaired) electrons. The molecule has 1 saturated heterocycles. The number of hydrogen-bond donors (Lipinski definition) is 0. The standard InChI is InChI=1S/C12H18O3/c1-7(2)12(13)14-8(3)9-4-5-10-11(6-9)15-10/h8-11H,1,4-6H2,2-3H3. The molecule has 0 aromatic rings. The van der Waals surface area contributed by atoms with Gasteiger partial charge in [-0.3, -0.25) is 0 Å². The number of rotatable bonds is 3. The van der Waals surface area contributed by atoms with Crippen LogP contribution in [0.1, 0.15) is 33.1 Å². The topological polar surface area (TPSA) is 38.8 Å². The lowest BCUT2D eigenvalue weighted by molar-refractivity contribution is -0.146. The zero-order chi connectivity index (χ0) is 11.0. The van der Waals surface area contributed by atoms with Crippen molar-refractivity contribution < 1.29 is 14.3 Å². The van der Waals surface area contributed by atoms with Crippen molar-refractivity contribution in [2.24, 2.45) is 5.92 Å². The van der Waals surface area contributed by atoms with E-state index in [2.05, 4.69) is 6.58 Å². The molecule has 15 heavy (non-hydrogen) atoms. The fourth-order valence-electron chi connectivity index (χ4n) is 2.23. The molecule has 3 heteroatoms. The van der Waals surface area contributed by atoms with Gasteiger partial charge >= 0.3 is 5.97 Å². The maximum absolute atomic E-state index is 11.3. The summed E-state index contributed by atoms with van der Waals surface area (Å²) in [5, 5.41) is 0. The van der Waals surface area contributed by atoms with Crippen LogP contribution in [0, 0.1) is 5.92 Å². The number of esters is 1. The van der Waals surface area contributed by atoms with Gasteiger partial charge < -0.3 is 9.47 Å². The normalized spacial score (nSPS) is 35.2. The van der Waals surface area contributed by atoms with E-state index < -0.39 is 0 Å². The van der Waals surface area contributed by atoms with Gasteiger partial charge in [-0.05, 0) is 39.0 Å². The highest BCUT2D eigenvalue weighted by Gasteiger charge is 2.45. The Bertz CT molecular complexity index is 285. The van der Waals surface area contributed by atoms with E-state index in [1.54, 1.807) is 6.92 Å². The Morgan fingerprint density at radius 1 is 1.47 bits per heavy atom. The maximum atomic E-state index is 11.3. The summed E-state index contributed by atoms with van der Waals surface area (Å²) in [6.45, 7) is 7.22. The first-order chi connectivity index (χ1) is 7.08. The van der Waals surface area contributed by atoms with Crippen molar-refractivity contribution >= 4 is 5.97 Å². The summed E-state index contributed by atoms with van der Waals surface area (Å²) >= 11 is 0. The summed E-state index contributed by atoms with van der Waals surface area (Å²) in [5.74, 6) is 0.179. The third-order valence-electron chi connectivity index (χ3n) is 3.35. The van der Waals surface area contributed by atoms with Gasteiger partial charge in [0.1, 0.15) is 6.10 Å². The van der Waals surface area contributed by atoms with E-state index >= 15 is 0 Å². The Morgan fingerprint density at radius 2 is 2.20 bits per heavy atom. The Labute approximate surface area is 90.4 Å². The highest BCUT2D eigenvalue weighted by atomic mass is 16.6. The number of epoxide rings is 1. The molecular weight excluding hydrogens is 192 g/mol. The molecule has 0 aromatic carbocycles. The van der Waals surface area contributed by atoms with Crippen LogP contribution in [0.25, 0.3) is 0 Å². The van der Waals surface area contributed by atoms with Crippen LogP contribution < -0.4 is 0 Å². The van der Waals surface area contributed by atoms with Crippen molar-refractivity contribution in [1.82, 2.24) is 0 Å². The van der Waals surface area contributed by atoms with Crippen LogP contribution >= 0.6 is 0 Å². The van der Waals surface area contributed by atoms with Crippen molar-refractivity contribution in [2.45, 2.75) is 51.4 Å². The lowest BCUT2D eigenvalue weighted by atomic mass is 9.86. The van der Waals surface area contributed by atoms with Crippen molar-refractivity contribution in [2.75, 3.05) is 0 Å². The van der Waals surface area contributed by atoms with E-state index in [-0.39, 0.29) is 12.1 Å². The highest BCUT2D eigenvalue weighted by Crippen LogP contribution is 2.41. The minimum Gasteiger partial charge on any atom is -0.459 e. The molecule has 3 nitrogen and oxygen atoms in total. The van der Waals surface area contributed by atoms with Crippen molar-refractivity contribution in [3.8, 4) is 0 Å². The Hall–Kier alpha value is -0.830. The van der Waals surface area contributed by atoms with E-state index in [0.717, 1.165) is 19.3 Å². The SMILES string of the molecule is C=C(C)C(=O)OC(C)C1CCC2OC2C1. The minimum absolute atomic E-state index is 0.0145. The summed E-state index contributed by atoms with van der Waals surface area (Å²) in [5.41, 5.74) is 0.471. The molecule has 2 aliphatic rings. The average molecular weight is 210 g/mol. The monoisotopic (exact) mass is 210 g/mol. The van der Waals surface area contributed by atoms with Crippen molar-refractivity contribution in [3.63, 3.8) is 0 Å². The molecule has 2 rings (SSSR count). The van der Waals surface area contributed by atoms with Crippen LogP contribution in [0.2, 0.25) is 0 Å². The molecule has 0 aromatic heterocycles. The maximum Gasteiger partial charge on any atom is 0.333 e. The first-order valence-corrected chi connectivity index (χ1v) is 5.60. The first kappa shape index (κ1) is 10.7. The van der Waals surface area contributed by atoms with Gasteiger partial charge in [-0.15, -0.1) is 0 Å². The first-order valence-electron chi connectivity index (χ1n) is 5.60. The summed E-state index contributed by atoms with van der Waals surface area (Å²) in [6, 6.07) is 0. The zero-order valence-electron chi connectivity index (χ0n) is 9.36. The minimum atomic E-state index is -0.277. The Morgan fingerprint density at radius 3 is 2.80 bits per heavy atom. The third kappa shape index (κ3) is 2.40. The molecule has 0 spiro atoms. The van der Waals surface area contributed by atoms with Gasteiger partial charge in [0.05, 0.1) is 12.2 Å². The number of carbonyl (C=O) groups excluding carboxylic acids is 1. The fourth-order valence-corrected chi connectivity index (χ4v) is 2.23. The highest BCUT2D eigenvalue weighted by molar-refractivity contribution is 5.87. The molecule has 1 aliphatic heterocycles. The van der Waals surface area contributed by atoms with Crippen LogP contribution in [0.5, 0.6) is 0 Å². The molecule has 1 saturated carbocycles. The number of carbonyl (C=O) groups is 1. The predicted molar refractivity (Wildman–Crippen MR) is 56.4 cm³/mol. The molecule has 4 unspecified atom stereocenters. The van der Waals surface area contributed by atoms with Crippen LogP contribution in [-0.4, -0.2) is 24.3 Å². The van der Waals surface area contributed by atoms with Crippen LogP contribution in [-0.2, 0) is 14.3 Å².